The molecule has 1 fully saturated rings. The number of carbonyl (C=O) groups excluding carboxylic acids is 3. The third-order valence-corrected chi connectivity index (χ3v) is 8.97. The summed E-state index contributed by atoms with van der Waals surface area (Å²) in [4.78, 5) is 107. The minimum atomic E-state index is -1.86. The molecule has 4 aromatic rings. The van der Waals surface area contributed by atoms with Crippen LogP contribution in [0, 0.1) is 0 Å². The van der Waals surface area contributed by atoms with E-state index in [0.717, 1.165) is 14.0 Å². The van der Waals surface area contributed by atoms with Crippen molar-refractivity contribution < 1.29 is 14.4 Å². The first-order chi connectivity index (χ1) is 24.2. The van der Waals surface area contributed by atoms with Crippen LogP contribution >= 0.6 is 0 Å². The predicted octanol–water partition coefficient (Wildman–Crippen LogP) is -3.33. The molecule has 0 aromatic carbocycles. The zero-order valence-electron chi connectivity index (χ0n) is 29.5. The number of imide groups is 1. The van der Waals surface area contributed by atoms with Crippen LogP contribution in [0.2, 0.25) is 0 Å². The average Bonchev–Trinajstić information content (AvgIpc) is 3.80. The number of carbonyl (C=O) groups is 3. The lowest BCUT2D eigenvalue weighted by molar-refractivity contribution is -0.137. The van der Waals surface area contributed by atoms with Gasteiger partial charge in [0.15, 0.2) is 16.8 Å². The Balaban J connectivity index is 0.000000372. The lowest BCUT2D eigenvalue weighted by Gasteiger charge is -2.48. The van der Waals surface area contributed by atoms with Crippen LogP contribution in [0.25, 0.3) is 22.3 Å². The summed E-state index contributed by atoms with van der Waals surface area (Å²) in [6.45, 7) is 3.52. The second kappa shape index (κ2) is 15.6. The van der Waals surface area contributed by atoms with Crippen LogP contribution in [0.15, 0.2) is 25.5 Å². The summed E-state index contributed by atoms with van der Waals surface area (Å²) in [5.74, 6) is -1.35. The van der Waals surface area contributed by atoms with Crippen LogP contribution < -0.4 is 39.7 Å². The van der Waals surface area contributed by atoms with Crippen molar-refractivity contribution in [2.45, 2.75) is 38.1 Å². The lowest BCUT2D eigenvalue weighted by atomic mass is 9.91. The van der Waals surface area contributed by atoms with Crippen molar-refractivity contribution >= 4 is 40.2 Å². The minimum Gasteiger partial charge on any atom is -0.367 e. The molecule has 1 unspecified atom stereocenters. The highest BCUT2D eigenvalue weighted by Crippen LogP contribution is 2.33. The fourth-order valence-corrected chi connectivity index (χ4v) is 6.08. The maximum atomic E-state index is 14.0. The van der Waals surface area contributed by atoms with Gasteiger partial charge in [0.2, 0.25) is 5.91 Å². The van der Waals surface area contributed by atoms with E-state index in [2.05, 4.69) is 19.9 Å². The molecule has 0 spiro atoms. The predicted molar refractivity (Wildman–Crippen MR) is 187 cm³/mol. The van der Waals surface area contributed by atoms with Crippen LogP contribution in [0.4, 0.5) is 4.79 Å². The molecule has 0 bridgehead atoms. The number of aryl methyl sites for hydroxylation is 2. The molecule has 1 atom stereocenters. The number of H-pyrrole nitrogens is 2. The van der Waals surface area contributed by atoms with Gasteiger partial charge in [-0.2, -0.15) is 0 Å². The Labute approximate surface area is 290 Å². The number of hydrogen-bond donors (Lipinski definition) is 5. The number of primary amides is 1. The second-order valence-corrected chi connectivity index (χ2v) is 12.3. The second-order valence-electron chi connectivity index (χ2n) is 12.3. The van der Waals surface area contributed by atoms with Gasteiger partial charge in [0.25, 0.3) is 17.0 Å². The Bertz CT molecular complexity index is 2170. The lowest BCUT2D eigenvalue weighted by Crippen LogP contribution is -2.69. The number of aromatic nitrogens is 8. The van der Waals surface area contributed by atoms with Crippen LogP contribution in [-0.4, -0.2) is 117 Å². The Kier molecular flexibility index (Phi) is 11.8. The Morgan fingerprint density at radius 1 is 0.882 bits per heavy atom. The number of amides is 4. The Morgan fingerprint density at radius 3 is 2.08 bits per heavy atom. The average molecular weight is 715 g/mol. The number of hydrogen-bond acceptors (Lipinski definition) is 12. The summed E-state index contributed by atoms with van der Waals surface area (Å²) in [7, 11) is 5.78. The number of nitrogens with one attached hydrogen (secondary N) is 2. The fraction of sp³-hybridized carbons (Fsp3) is 0.567. The van der Waals surface area contributed by atoms with E-state index in [0.29, 0.717) is 50.1 Å². The summed E-state index contributed by atoms with van der Waals surface area (Å²) in [5.41, 5.74) is 14.3. The first-order valence-corrected chi connectivity index (χ1v) is 16.5. The van der Waals surface area contributed by atoms with Gasteiger partial charge in [-0.05, 0) is 38.9 Å². The molecule has 21 heteroatoms. The largest absolute Gasteiger partial charge is 0.367 e. The van der Waals surface area contributed by atoms with Gasteiger partial charge < -0.3 is 32.1 Å². The van der Waals surface area contributed by atoms with Crippen molar-refractivity contribution in [1.82, 2.24) is 52.9 Å². The van der Waals surface area contributed by atoms with Gasteiger partial charge in [0.05, 0.1) is 6.33 Å². The molecular weight excluding hydrogens is 668 g/mol. The Morgan fingerprint density at radius 2 is 1.49 bits per heavy atom. The van der Waals surface area contributed by atoms with Crippen LogP contribution in [0.5, 0.6) is 0 Å². The van der Waals surface area contributed by atoms with Gasteiger partial charge in [-0.3, -0.25) is 47.2 Å². The summed E-state index contributed by atoms with van der Waals surface area (Å²) in [6, 6.07) is -0.698. The molecule has 0 saturated carbocycles. The van der Waals surface area contributed by atoms with Gasteiger partial charge >= 0.3 is 17.4 Å². The van der Waals surface area contributed by atoms with Crippen molar-refractivity contribution in [2.24, 2.45) is 45.4 Å². The summed E-state index contributed by atoms with van der Waals surface area (Å²) in [6.07, 6.45) is 3.07. The molecule has 1 aliphatic rings. The summed E-state index contributed by atoms with van der Waals surface area (Å²) in [5, 5.41) is 0. The van der Waals surface area contributed by atoms with E-state index in [1.54, 1.807) is 7.05 Å². The maximum absolute atomic E-state index is 14.0. The molecule has 5 rings (SSSR count). The molecule has 278 valence electrons. The molecule has 21 nitrogen and oxygen atoms in total. The van der Waals surface area contributed by atoms with Crippen LogP contribution in [-0.2, 0) is 43.3 Å². The number of piperazine rings is 1. The van der Waals surface area contributed by atoms with E-state index in [-0.39, 0.29) is 60.8 Å². The zero-order valence-corrected chi connectivity index (χ0v) is 29.5. The molecule has 1 saturated heterocycles. The highest BCUT2D eigenvalue weighted by atomic mass is 16.2. The molecule has 1 aliphatic heterocycles. The monoisotopic (exact) mass is 714 g/mol. The van der Waals surface area contributed by atoms with Crippen LogP contribution in [0.3, 0.4) is 0 Å². The number of nitrogens with two attached hydrogens (primary N) is 3. The Hall–Kier alpha value is -5.41. The molecule has 51 heavy (non-hydrogen) atoms. The van der Waals surface area contributed by atoms with Gasteiger partial charge in [-0.15, -0.1) is 0 Å². The van der Waals surface area contributed by atoms with E-state index in [9.17, 15) is 33.6 Å². The number of nitrogens with zero attached hydrogens (tertiary/aromatic N) is 9. The quantitative estimate of drug-likeness (QED) is 0.108. The first kappa shape index (κ1) is 38.4. The van der Waals surface area contributed by atoms with E-state index in [1.165, 1.54) is 41.5 Å². The standard InChI is InChI=1S/C23H38N10O5.C7H8N4O2/c1-4-7-15(34)32(11-6-9-25)22(38)33-13-12-31(10-5-8-24)14-23(33,19(26)36)20-27-16-17(28-20)29(2)21(37)30(3)18(16)35;1-10-5-4(8-3-9-5)6(12)11(2)7(10)13/h4-14,24-25H2,1-3H3,(H2,26,36)(H,27,28);3H,1-2H3,(H,8,9). The van der Waals surface area contributed by atoms with Gasteiger partial charge in [0, 0.05) is 60.8 Å². The van der Waals surface area contributed by atoms with Gasteiger partial charge in [-0.1, -0.05) is 6.92 Å². The van der Waals surface area contributed by atoms with E-state index in [1.807, 2.05) is 11.8 Å². The first-order valence-electron chi connectivity index (χ1n) is 16.5. The van der Waals surface area contributed by atoms with E-state index < -0.39 is 34.6 Å². The highest BCUT2D eigenvalue weighted by Gasteiger charge is 2.54. The third-order valence-electron chi connectivity index (χ3n) is 8.97. The fourth-order valence-electron chi connectivity index (χ4n) is 6.08. The van der Waals surface area contributed by atoms with Crippen molar-refractivity contribution in [1.29, 1.82) is 0 Å². The van der Waals surface area contributed by atoms with Crippen molar-refractivity contribution in [3.63, 3.8) is 0 Å². The molecule has 0 aliphatic carbocycles. The number of imidazole rings is 2. The SMILES string of the molecule is CCCC(=O)N(CCCN)C(=O)N1CCN(CCCN)CC1(C(N)=O)c1nc2c([nH]1)c(=O)n(C)c(=O)n2C.Cn1c(=O)c2[nH]cnc2n(C)c1=O. The third kappa shape index (κ3) is 6.99. The van der Waals surface area contributed by atoms with E-state index >= 15 is 0 Å². The number of fused-ring (bicyclic) bond motifs is 2. The molecule has 4 amide bonds. The smallest absolute Gasteiger partial charge is 0.332 e. The van der Waals surface area contributed by atoms with Crippen LogP contribution in [0.1, 0.15) is 38.4 Å². The normalized spacial score (nSPS) is 16.3. The number of aromatic amines is 2. The highest BCUT2D eigenvalue weighted by molar-refractivity contribution is 5.98. The van der Waals surface area contributed by atoms with Gasteiger partial charge in [-0.25, -0.2) is 24.4 Å². The van der Waals surface area contributed by atoms with Gasteiger partial charge in [0.1, 0.15) is 16.9 Å². The number of rotatable bonds is 10. The molecule has 0 radical (unpaired) electrons. The topological polar surface area (TPSA) is 284 Å². The molecule has 8 N–H and O–H groups in total. The summed E-state index contributed by atoms with van der Waals surface area (Å²) < 4.78 is 4.45. The van der Waals surface area contributed by atoms with Crippen molar-refractivity contribution in [3.05, 3.63) is 53.8 Å². The van der Waals surface area contributed by atoms with Crippen molar-refractivity contribution in [3.8, 4) is 0 Å². The molecule has 4 aromatic heterocycles. The number of urea groups is 1. The molecule has 5 heterocycles. The molecular formula is C30H46N14O7. The van der Waals surface area contributed by atoms with E-state index in [4.69, 9.17) is 17.2 Å². The van der Waals surface area contributed by atoms with Crippen molar-refractivity contribution in [2.75, 3.05) is 45.8 Å². The zero-order chi connectivity index (χ0) is 37.8. The maximum Gasteiger partial charge on any atom is 0.332 e. The summed E-state index contributed by atoms with van der Waals surface area (Å²) >= 11 is 0. The minimum absolute atomic E-state index is 0.0150.